The zero-order valence-corrected chi connectivity index (χ0v) is 12.1. The standard InChI is InChI=1S/C14H20F2N2O3/c1-3-10(8-20-2)17-14(19)18-11-6-4-5-7-12(11)21-9-13(15)16/h4-7,10,13H,3,8-9H2,1-2H3,(H2,17,18,19)/t10-/m0/s1. The fourth-order valence-electron chi connectivity index (χ4n) is 1.66. The Morgan fingerprint density at radius 2 is 2.00 bits per heavy atom. The molecule has 0 aliphatic heterocycles. The van der Waals surface area contributed by atoms with Gasteiger partial charge < -0.3 is 20.1 Å². The molecule has 0 bridgehead atoms. The Kier molecular flexibility index (Phi) is 7.45. The Balaban J connectivity index is 2.62. The maximum Gasteiger partial charge on any atom is 0.319 e. The molecule has 0 aromatic heterocycles. The van der Waals surface area contributed by atoms with Gasteiger partial charge in [-0.15, -0.1) is 0 Å². The predicted octanol–water partition coefficient (Wildman–Crippen LogP) is 2.88. The van der Waals surface area contributed by atoms with E-state index in [1.165, 1.54) is 6.07 Å². The molecule has 2 N–H and O–H groups in total. The van der Waals surface area contributed by atoms with Gasteiger partial charge in [0, 0.05) is 7.11 Å². The summed E-state index contributed by atoms with van der Waals surface area (Å²) in [6.45, 7) is 1.60. The van der Waals surface area contributed by atoms with E-state index in [-0.39, 0.29) is 11.8 Å². The first-order valence-corrected chi connectivity index (χ1v) is 6.63. The van der Waals surface area contributed by atoms with Crippen LogP contribution in [0.1, 0.15) is 13.3 Å². The normalized spacial score (nSPS) is 12.0. The molecule has 1 aromatic carbocycles. The number of carbonyl (C=O) groups is 1. The van der Waals surface area contributed by atoms with E-state index < -0.39 is 19.1 Å². The van der Waals surface area contributed by atoms with Crippen molar-refractivity contribution in [3.63, 3.8) is 0 Å². The average molecular weight is 302 g/mol. The van der Waals surface area contributed by atoms with Crippen LogP contribution in [0.3, 0.4) is 0 Å². The molecular weight excluding hydrogens is 282 g/mol. The molecule has 5 nitrogen and oxygen atoms in total. The molecule has 0 saturated carbocycles. The lowest BCUT2D eigenvalue weighted by molar-refractivity contribution is 0.0822. The summed E-state index contributed by atoms with van der Waals surface area (Å²) in [7, 11) is 1.55. The minimum absolute atomic E-state index is 0.121. The summed E-state index contributed by atoms with van der Waals surface area (Å²) in [6, 6.07) is 5.86. The second-order valence-electron chi connectivity index (χ2n) is 4.36. The van der Waals surface area contributed by atoms with E-state index in [1.54, 1.807) is 25.3 Å². The number of rotatable bonds is 8. The van der Waals surface area contributed by atoms with Gasteiger partial charge in [0.25, 0.3) is 6.43 Å². The van der Waals surface area contributed by atoms with Crippen LogP contribution in [0.5, 0.6) is 5.75 Å². The maximum absolute atomic E-state index is 12.2. The fraction of sp³-hybridized carbons (Fsp3) is 0.500. The minimum Gasteiger partial charge on any atom is -0.485 e. The van der Waals surface area contributed by atoms with Crippen LogP contribution < -0.4 is 15.4 Å². The monoisotopic (exact) mass is 302 g/mol. The van der Waals surface area contributed by atoms with Crippen LogP contribution in [-0.4, -0.2) is 38.8 Å². The topological polar surface area (TPSA) is 59.6 Å². The Morgan fingerprint density at radius 1 is 1.29 bits per heavy atom. The molecule has 2 amide bonds. The van der Waals surface area contributed by atoms with Gasteiger partial charge in [0.05, 0.1) is 18.3 Å². The molecule has 1 atom stereocenters. The molecule has 0 radical (unpaired) electrons. The van der Waals surface area contributed by atoms with E-state index in [0.29, 0.717) is 18.7 Å². The SMILES string of the molecule is CC[C@@H](COC)NC(=O)Nc1ccccc1OCC(F)F. The third kappa shape index (κ3) is 6.40. The van der Waals surface area contributed by atoms with Gasteiger partial charge in [-0.1, -0.05) is 19.1 Å². The number of ether oxygens (including phenoxy) is 2. The Morgan fingerprint density at radius 3 is 2.62 bits per heavy atom. The van der Waals surface area contributed by atoms with Crippen molar-refractivity contribution in [1.29, 1.82) is 0 Å². The molecule has 0 fully saturated rings. The van der Waals surface area contributed by atoms with Gasteiger partial charge >= 0.3 is 6.03 Å². The fourth-order valence-corrected chi connectivity index (χ4v) is 1.66. The van der Waals surface area contributed by atoms with Gasteiger partial charge in [-0.05, 0) is 18.6 Å². The number of anilines is 1. The molecule has 0 heterocycles. The zero-order chi connectivity index (χ0) is 15.7. The Hall–Kier alpha value is -1.89. The Bertz CT molecular complexity index is 444. The third-order valence-corrected chi connectivity index (χ3v) is 2.70. The summed E-state index contributed by atoms with van der Waals surface area (Å²) >= 11 is 0. The minimum atomic E-state index is -2.57. The molecule has 21 heavy (non-hydrogen) atoms. The number of nitrogens with one attached hydrogen (secondary N) is 2. The molecule has 0 aliphatic rings. The number of methoxy groups -OCH3 is 1. The van der Waals surface area contributed by atoms with Gasteiger partial charge in [0.1, 0.15) is 12.4 Å². The van der Waals surface area contributed by atoms with Gasteiger partial charge in [-0.3, -0.25) is 0 Å². The first kappa shape index (κ1) is 17.2. The van der Waals surface area contributed by atoms with Crippen LogP contribution in [0, 0.1) is 0 Å². The van der Waals surface area contributed by atoms with Crippen molar-refractivity contribution >= 4 is 11.7 Å². The molecule has 0 unspecified atom stereocenters. The number of benzene rings is 1. The van der Waals surface area contributed by atoms with E-state index >= 15 is 0 Å². The highest BCUT2D eigenvalue weighted by atomic mass is 19.3. The first-order chi connectivity index (χ1) is 10.1. The van der Waals surface area contributed by atoms with Crippen molar-refractivity contribution in [2.75, 3.05) is 25.6 Å². The number of carbonyl (C=O) groups excluding carboxylic acids is 1. The van der Waals surface area contributed by atoms with Crippen molar-refractivity contribution < 1.29 is 23.0 Å². The quantitative estimate of drug-likeness (QED) is 0.776. The van der Waals surface area contributed by atoms with Crippen molar-refractivity contribution in [2.45, 2.75) is 25.8 Å². The van der Waals surface area contributed by atoms with E-state index in [9.17, 15) is 13.6 Å². The largest absolute Gasteiger partial charge is 0.485 e. The van der Waals surface area contributed by atoms with Gasteiger partial charge in [-0.25, -0.2) is 13.6 Å². The van der Waals surface area contributed by atoms with Crippen LogP contribution in [0.4, 0.5) is 19.3 Å². The van der Waals surface area contributed by atoms with E-state index in [1.807, 2.05) is 6.92 Å². The number of amides is 2. The second-order valence-corrected chi connectivity index (χ2v) is 4.36. The zero-order valence-electron chi connectivity index (χ0n) is 12.1. The molecule has 1 aromatic rings. The average Bonchev–Trinajstić information content (AvgIpc) is 2.45. The first-order valence-electron chi connectivity index (χ1n) is 6.63. The van der Waals surface area contributed by atoms with Crippen LogP contribution in [-0.2, 0) is 4.74 Å². The number of alkyl halides is 2. The number of hydrogen-bond acceptors (Lipinski definition) is 3. The second kappa shape index (κ2) is 9.12. The van der Waals surface area contributed by atoms with E-state index in [2.05, 4.69) is 10.6 Å². The number of para-hydroxylation sites is 2. The molecular formula is C14H20F2N2O3. The van der Waals surface area contributed by atoms with Gasteiger partial charge in [0.15, 0.2) is 0 Å². The molecule has 7 heteroatoms. The van der Waals surface area contributed by atoms with Crippen molar-refractivity contribution in [3.05, 3.63) is 24.3 Å². The van der Waals surface area contributed by atoms with Crippen molar-refractivity contribution in [1.82, 2.24) is 5.32 Å². The molecule has 118 valence electrons. The lowest BCUT2D eigenvalue weighted by Gasteiger charge is -2.17. The lowest BCUT2D eigenvalue weighted by atomic mass is 10.2. The lowest BCUT2D eigenvalue weighted by Crippen LogP contribution is -2.40. The summed E-state index contributed by atoms with van der Waals surface area (Å²) in [5, 5.41) is 5.31. The molecule has 0 aliphatic carbocycles. The summed E-state index contributed by atoms with van der Waals surface area (Å²) in [5.74, 6) is 0.202. The number of halogens is 2. The molecule has 0 saturated heterocycles. The maximum atomic E-state index is 12.2. The van der Waals surface area contributed by atoms with E-state index in [0.717, 1.165) is 0 Å². The summed E-state index contributed by atoms with van der Waals surface area (Å²) in [5.41, 5.74) is 0.336. The third-order valence-electron chi connectivity index (χ3n) is 2.70. The number of urea groups is 1. The van der Waals surface area contributed by atoms with Gasteiger partial charge in [-0.2, -0.15) is 0 Å². The highest BCUT2D eigenvalue weighted by molar-refractivity contribution is 5.91. The molecule has 1 rings (SSSR count). The summed E-state index contributed by atoms with van der Waals surface area (Å²) in [6.07, 6.45) is -1.86. The van der Waals surface area contributed by atoms with E-state index in [4.69, 9.17) is 9.47 Å². The van der Waals surface area contributed by atoms with Crippen LogP contribution >= 0.6 is 0 Å². The van der Waals surface area contributed by atoms with Crippen molar-refractivity contribution in [2.24, 2.45) is 0 Å². The predicted molar refractivity (Wildman–Crippen MR) is 76.1 cm³/mol. The van der Waals surface area contributed by atoms with Crippen molar-refractivity contribution in [3.8, 4) is 5.75 Å². The smallest absolute Gasteiger partial charge is 0.319 e. The highest BCUT2D eigenvalue weighted by Gasteiger charge is 2.13. The van der Waals surface area contributed by atoms with Crippen LogP contribution in [0.15, 0.2) is 24.3 Å². The highest BCUT2D eigenvalue weighted by Crippen LogP contribution is 2.24. The summed E-state index contributed by atoms with van der Waals surface area (Å²) < 4.78 is 34.3. The summed E-state index contributed by atoms with van der Waals surface area (Å²) in [4.78, 5) is 11.9. The number of hydrogen-bond donors (Lipinski definition) is 2. The van der Waals surface area contributed by atoms with Crippen LogP contribution in [0.25, 0.3) is 0 Å². The van der Waals surface area contributed by atoms with Gasteiger partial charge in [0.2, 0.25) is 0 Å². The van der Waals surface area contributed by atoms with Crippen LogP contribution in [0.2, 0.25) is 0 Å². The molecule has 0 spiro atoms. The Labute approximate surface area is 122 Å².